The number of rotatable bonds is 7. The third-order valence-electron chi connectivity index (χ3n) is 4.10. The highest BCUT2D eigenvalue weighted by molar-refractivity contribution is 5.79. The summed E-state index contributed by atoms with van der Waals surface area (Å²) in [5.41, 5.74) is 0.524. The zero-order valence-electron chi connectivity index (χ0n) is 11.6. The summed E-state index contributed by atoms with van der Waals surface area (Å²) in [5, 5.41) is 11.9. The first kappa shape index (κ1) is 14.6. The van der Waals surface area contributed by atoms with Crippen LogP contribution < -0.4 is 5.32 Å². The fourth-order valence-corrected chi connectivity index (χ4v) is 2.52. The van der Waals surface area contributed by atoms with Crippen molar-refractivity contribution in [3.63, 3.8) is 0 Å². The molecule has 0 aliphatic heterocycles. The molecule has 1 amide bonds. The summed E-state index contributed by atoms with van der Waals surface area (Å²) in [6, 6.07) is 10.0. The van der Waals surface area contributed by atoms with Crippen LogP contribution >= 0.6 is 0 Å². The highest BCUT2D eigenvalue weighted by atomic mass is 16.4. The Kier molecular flexibility index (Phi) is 4.77. The molecular formula is C16H21NO3. The molecule has 1 aliphatic carbocycles. The quantitative estimate of drug-likeness (QED) is 0.803. The minimum Gasteiger partial charge on any atom is -0.481 e. The van der Waals surface area contributed by atoms with Crippen molar-refractivity contribution in [3.05, 3.63) is 35.9 Å². The second kappa shape index (κ2) is 6.55. The number of carboxylic acid groups (broad SMARTS) is 1. The Morgan fingerprint density at radius 2 is 1.90 bits per heavy atom. The minimum absolute atomic E-state index is 0.0477. The van der Waals surface area contributed by atoms with Crippen molar-refractivity contribution >= 4 is 11.9 Å². The van der Waals surface area contributed by atoms with E-state index in [4.69, 9.17) is 0 Å². The van der Waals surface area contributed by atoms with E-state index < -0.39 is 11.4 Å². The standard InChI is InChI=1S/C16H21NO3/c18-14(9-4-8-13-6-2-1-3-7-13)17-12-16(15(19)20)10-5-11-16/h1-3,6-7H,4-5,8-12H2,(H,17,18)(H,19,20). The monoisotopic (exact) mass is 275 g/mol. The van der Waals surface area contributed by atoms with Gasteiger partial charge in [0.1, 0.15) is 0 Å². The Hall–Kier alpha value is -1.84. The predicted octanol–water partition coefficient (Wildman–Crippen LogP) is 2.38. The van der Waals surface area contributed by atoms with Crippen molar-refractivity contribution in [2.45, 2.75) is 38.5 Å². The second-order valence-electron chi connectivity index (χ2n) is 5.55. The molecule has 2 rings (SSSR count). The Morgan fingerprint density at radius 3 is 2.45 bits per heavy atom. The molecule has 0 unspecified atom stereocenters. The number of hydrogen-bond donors (Lipinski definition) is 2. The number of nitrogens with one attached hydrogen (secondary N) is 1. The van der Waals surface area contributed by atoms with E-state index in [2.05, 4.69) is 5.32 Å². The summed E-state index contributed by atoms with van der Waals surface area (Å²) in [6.45, 7) is 0.270. The summed E-state index contributed by atoms with van der Waals surface area (Å²) in [5.74, 6) is -0.832. The maximum Gasteiger partial charge on any atom is 0.311 e. The molecule has 0 spiro atoms. The van der Waals surface area contributed by atoms with Gasteiger partial charge in [-0.2, -0.15) is 0 Å². The number of carboxylic acids is 1. The number of carbonyl (C=O) groups is 2. The number of amides is 1. The van der Waals surface area contributed by atoms with Gasteiger partial charge in [-0.1, -0.05) is 36.8 Å². The van der Waals surface area contributed by atoms with Gasteiger partial charge in [-0.3, -0.25) is 9.59 Å². The molecule has 0 aromatic heterocycles. The van der Waals surface area contributed by atoms with Gasteiger partial charge in [-0.05, 0) is 31.2 Å². The summed E-state index contributed by atoms with van der Waals surface area (Å²) in [6.07, 6.45) is 4.40. The van der Waals surface area contributed by atoms with Crippen LogP contribution in [0, 0.1) is 5.41 Å². The average molecular weight is 275 g/mol. The predicted molar refractivity (Wildman–Crippen MR) is 76.3 cm³/mol. The lowest BCUT2D eigenvalue weighted by molar-refractivity contribution is -0.154. The summed E-state index contributed by atoms with van der Waals surface area (Å²) >= 11 is 0. The smallest absolute Gasteiger partial charge is 0.311 e. The van der Waals surface area contributed by atoms with Gasteiger partial charge in [0.25, 0.3) is 0 Å². The van der Waals surface area contributed by atoms with Crippen LogP contribution in [0.4, 0.5) is 0 Å². The van der Waals surface area contributed by atoms with E-state index in [1.807, 2.05) is 30.3 Å². The Bertz CT molecular complexity index is 466. The molecule has 4 nitrogen and oxygen atoms in total. The highest BCUT2D eigenvalue weighted by Crippen LogP contribution is 2.40. The third-order valence-corrected chi connectivity index (χ3v) is 4.10. The molecular weight excluding hydrogens is 254 g/mol. The van der Waals surface area contributed by atoms with Crippen molar-refractivity contribution in [2.75, 3.05) is 6.54 Å². The van der Waals surface area contributed by atoms with Crippen molar-refractivity contribution in [3.8, 4) is 0 Å². The van der Waals surface area contributed by atoms with Crippen LogP contribution in [0.25, 0.3) is 0 Å². The minimum atomic E-state index is -0.784. The van der Waals surface area contributed by atoms with Gasteiger partial charge < -0.3 is 10.4 Å². The van der Waals surface area contributed by atoms with Gasteiger partial charge in [0.15, 0.2) is 0 Å². The van der Waals surface area contributed by atoms with Crippen molar-refractivity contribution in [1.29, 1.82) is 0 Å². The van der Waals surface area contributed by atoms with E-state index in [1.165, 1.54) is 5.56 Å². The van der Waals surface area contributed by atoms with E-state index in [0.717, 1.165) is 19.3 Å². The van der Waals surface area contributed by atoms with Crippen LogP contribution in [0.5, 0.6) is 0 Å². The Morgan fingerprint density at radius 1 is 1.20 bits per heavy atom. The molecule has 1 aromatic carbocycles. The zero-order chi connectivity index (χ0) is 14.4. The van der Waals surface area contributed by atoms with Crippen molar-refractivity contribution in [1.82, 2.24) is 5.32 Å². The van der Waals surface area contributed by atoms with Gasteiger partial charge in [0.05, 0.1) is 5.41 Å². The summed E-state index contributed by atoms with van der Waals surface area (Å²) in [7, 11) is 0. The van der Waals surface area contributed by atoms with E-state index in [9.17, 15) is 14.7 Å². The fourth-order valence-electron chi connectivity index (χ4n) is 2.52. The fraction of sp³-hybridized carbons (Fsp3) is 0.500. The molecule has 1 aliphatic rings. The number of benzene rings is 1. The van der Waals surface area contributed by atoms with Crippen LogP contribution in [0.15, 0.2) is 30.3 Å². The zero-order valence-corrected chi connectivity index (χ0v) is 11.6. The van der Waals surface area contributed by atoms with E-state index in [-0.39, 0.29) is 12.5 Å². The van der Waals surface area contributed by atoms with E-state index in [1.54, 1.807) is 0 Å². The molecule has 1 aromatic rings. The SMILES string of the molecule is O=C(CCCc1ccccc1)NCC1(C(=O)O)CCC1. The molecule has 1 saturated carbocycles. The van der Waals surface area contributed by atoms with Gasteiger partial charge in [-0.25, -0.2) is 0 Å². The molecule has 20 heavy (non-hydrogen) atoms. The molecule has 1 fully saturated rings. The molecule has 0 bridgehead atoms. The third kappa shape index (κ3) is 3.59. The first-order valence-corrected chi connectivity index (χ1v) is 7.16. The van der Waals surface area contributed by atoms with E-state index >= 15 is 0 Å². The molecule has 108 valence electrons. The van der Waals surface area contributed by atoms with Crippen LogP contribution in [-0.4, -0.2) is 23.5 Å². The largest absolute Gasteiger partial charge is 0.481 e. The maximum absolute atomic E-state index is 11.7. The molecule has 0 saturated heterocycles. The number of aryl methyl sites for hydroxylation is 1. The number of aliphatic carboxylic acids is 1. The lowest BCUT2D eigenvalue weighted by Gasteiger charge is -2.37. The van der Waals surface area contributed by atoms with Gasteiger partial charge in [0, 0.05) is 13.0 Å². The number of carbonyl (C=O) groups excluding carboxylic acids is 1. The topological polar surface area (TPSA) is 66.4 Å². The van der Waals surface area contributed by atoms with Crippen LogP contribution in [0.3, 0.4) is 0 Å². The van der Waals surface area contributed by atoms with Crippen LogP contribution in [-0.2, 0) is 16.0 Å². The highest BCUT2D eigenvalue weighted by Gasteiger charge is 2.44. The van der Waals surface area contributed by atoms with Gasteiger partial charge in [0.2, 0.25) is 5.91 Å². The molecule has 0 heterocycles. The second-order valence-corrected chi connectivity index (χ2v) is 5.55. The first-order valence-electron chi connectivity index (χ1n) is 7.16. The normalized spacial score (nSPS) is 16.2. The molecule has 4 heteroatoms. The van der Waals surface area contributed by atoms with E-state index in [0.29, 0.717) is 19.3 Å². The summed E-state index contributed by atoms with van der Waals surface area (Å²) in [4.78, 5) is 22.9. The maximum atomic E-state index is 11.7. The van der Waals surface area contributed by atoms with Crippen LogP contribution in [0.2, 0.25) is 0 Å². The van der Waals surface area contributed by atoms with Crippen molar-refractivity contribution < 1.29 is 14.7 Å². The van der Waals surface area contributed by atoms with Gasteiger partial charge in [-0.15, -0.1) is 0 Å². The Labute approximate surface area is 119 Å². The molecule has 0 atom stereocenters. The average Bonchev–Trinajstić information content (AvgIpc) is 2.38. The van der Waals surface area contributed by atoms with Crippen LogP contribution in [0.1, 0.15) is 37.7 Å². The summed E-state index contributed by atoms with van der Waals surface area (Å²) < 4.78 is 0. The van der Waals surface area contributed by atoms with Crippen molar-refractivity contribution in [2.24, 2.45) is 5.41 Å². The van der Waals surface area contributed by atoms with Gasteiger partial charge >= 0.3 is 5.97 Å². The first-order chi connectivity index (χ1) is 9.62. The molecule has 0 radical (unpaired) electrons. The molecule has 2 N–H and O–H groups in total. The lowest BCUT2D eigenvalue weighted by Crippen LogP contribution is -2.47. The lowest BCUT2D eigenvalue weighted by atomic mass is 9.69. The Balaban J connectivity index is 1.67. The number of hydrogen-bond acceptors (Lipinski definition) is 2.